The first-order valence-corrected chi connectivity index (χ1v) is 8.80. The number of aromatic nitrogens is 2. The van der Waals surface area contributed by atoms with E-state index >= 15 is 0 Å². The van der Waals surface area contributed by atoms with Gasteiger partial charge in [-0.05, 0) is 56.2 Å². The third-order valence-electron chi connectivity index (χ3n) is 3.62. The highest BCUT2D eigenvalue weighted by Gasteiger charge is 2.11. The first-order chi connectivity index (χ1) is 12.2. The van der Waals surface area contributed by atoms with Gasteiger partial charge in [0.1, 0.15) is 5.75 Å². The van der Waals surface area contributed by atoms with E-state index in [1.165, 1.54) is 0 Å². The van der Waals surface area contributed by atoms with Gasteiger partial charge in [0, 0.05) is 18.8 Å². The maximum Gasteiger partial charge on any atom is 0.276 e. The Hall–Kier alpha value is -2.63. The van der Waals surface area contributed by atoms with E-state index in [9.17, 15) is 4.79 Å². The number of carbonyl (C=O) groups excluding carboxylic acids is 1. The second-order valence-corrected chi connectivity index (χ2v) is 5.68. The first-order valence-electron chi connectivity index (χ1n) is 8.80. The van der Waals surface area contributed by atoms with Crippen molar-refractivity contribution in [2.45, 2.75) is 33.6 Å². The van der Waals surface area contributed by atoms with Crippen LogP contribution >= 0.6 is 0 Å². The summed E-state index contributed by atoms with van der Waals surface area (Å²) >= 11 is 0. The Bertz CT molecular complexity index is 650. The predicted octanol–water partition coefficient (Wildman–Crippen LogP) is 3.75. The minimum absolute atomic E-state index is 0.277. The summed E-state index contributed by atoms with van der Waals surface area (Å²) in [4.78, 5) is 14.5. The molecule has 6 heteroatoms. The summed E-state index contributed by atoms with van der Waals surface area (Å²) in [6.45, 7) is 8.67. The van der Waals surface area contributed by atoms with Crippen LogP contribution in [0.1, 0.15) is 44.1 Å². The molecule has 25 heavy (non-hydrogen) atoms. The Morgan fingerprint density at radius 2 is 1.68 bits per heavy atom. The van der Waals surface area contributed by atoms with Gasteiger partial charge in [0.25, 0.3) is 5.91 Å². The normalized spacial score (nSPS) is 10.4. The molecule has 0 saturated heterocycles. The molecule has 0 radical (unpaired) electrons. The summed E-state index contributed by atoms with van der Waals surface area (Å²) in [7, 11) is 0. The Kier molecular flexibility index (Phi) is 7.19. The van der Waals surface area contributed by atoms with Gasteiger partial charge in [0.05, 0.1) is 6.61 Å². The molecular weight excluding hydrogens is 316 g/mol. The van der Waals surface area contributed by atoms with Crippen molar-refractivity contribution in [1.29, 1.82) is 0 Å². The van der Waals surface area contributed by atoms with Crippen molar-refractivity contribution in [3.8, 4) is 5.75 Å². The number of hydrogen-bond acceptors (Lipinski definition) is 5. The second kappa shape index (κ2) is 9.61. The van der Waals surface area contributed by atoms with Crippen molar-refractivity contribution in [1.82, 2.24) is 10.2 Å². The monoisotopic (exact) mass is 342 g/mol. The van der Waals surface area contributed by atoms with Crippen molar-refractivity contribution in [3.63, 3.8) is 0 Å². The van der Waals surface area contributed by atoms with Gasteiger partial charge in [-0.3, -0.25) is 4.79 Å². The lowest BCUT2D eigenvalue weighted by atomic mass is 10.2. The van der Waals surface area contributed by atoms with Crippen LogP contribution in [0.4, 0.5) is 11.5 Å². The zero-order valence-corrected chi connectivity index (χ0v) is 15.2. The van der Waals surface area contributed by atoms with E-state index in [0.717, 1.165) is 37.5 Å². The zero-order chi connectivity index (χ0) is 18.1. The molecule has 0 spiro atoms. The smallest absolute Gasteiger partial charge is 0.276 e. The molecular formula is C19H26N4O2. The SMILES string of the molecule is CCCN(CCC)c1ccc(C(=O)Nc2ccc(OCC)cc2)nn1. The molecule has 0 unspecified atom stereocenters. The molecule has 6 nitrogen and oxygen atoms in total. The first kappa shape index (κ1) is 18.7. The standard InChI is InChI=1S/C19H26N4O2/c1-4-13-23(14-5-2)18-12-11-17(21-22-18)19(24)20-15-7-9-16(10-8-15)25-6-3/h7-12H,4-6,13-14H2,1-3H3,(H,20,24). The summed E-state index contributed by atoms with van der Waals surface area (Å²) in [6, 6.07) is 10.8. The fraction of sp³-hybridized carbons (Fsp3) is 0.421. The number of ether oxygens (including phenoxy) is 1. The lowest BCUT2D eigenvalue weighted by Gasteiger charge is -2.21. The van der Waals surface area contributed by atoms with E-state index < -0.39 is 0 Å². The highest BCUT2D eigenvalue weighted by molar-refractivity contribution is 6.02. The van der Waals surface area contributed by atoms with Crippen molar-refractivity contribution in [2.24, 2.45) is 0 Å². The van der Waals surface area contributed by atoms with E-state index in [1.807, 2.05) is 25.1 Å². The molecule has 0 atom stereocenters. The summed E-state index contributed by atoms with van der Waals surface area (Å²) < 4.78 is 5.39. The number of nitrogens with one attached hydrogen (secondary N) is 1. The van der Waals surface area contributed by atoms with Crippen LogP contribution in [0.3, 0.4) is 0 Å². The van der Waals surface area contributed by atoms with Crippen LogP contribution in [0.5, 0.6) is 5.75 Å². The number of anilines is 2. The van der Waals surface area contributed by atoms with Gasteiger partial charge in [-0.25, -0.2) is 0 Å². The van der Waals surface area contributed by atoms with Crippen LogP contribution in [0, 0.1) is 0 Å². The molecule has 0 aliphatic rings. The average molecular weight is 342 g/mol. The van der Waals surface area contributed by atoms with Crippen LogP contribution in [0.25, 0.3) is 0 Å². The van der Waals surface area contributed by atoms with Gasteiger partial charge in [0.15, 0.2) is 11.5 Å². The Balaban J connectivity index is 2.01. The highest BCUT2D eigenvalue weighted by Crippen LogP contribution is 2.17. The molecule has 0 aliphatic heterocycles. The quantitative estimate of drug-likeness (QED) is 0.751. The Morgan fingerprint density at radius 3 is 2.20 bits per heavy atom. The molecule has 2 aromatic rings. The van der Waals surface area contributed by atoms with E-state index in [4.69, 9.17) is 4.74 Å². The van der Waals surface area contributed by atoms with Crippen molar-refractivity contribution < 1.29 is 9.53 Å². The number of rotatable bonds is 9. The lowest BCUT2D eigenvalue weighted by molar-refractivity contribution is 0.102. The van der Waals surface area contributed by atoms with Gasteiger partial charge in [0.2, 0.25) is 0 Å². The molecule has 0 fully saturated rings. The third-order valence-corrected chi connectivity index (χ3v) is 3.62. The number of benzene rings is 1. The molecule has 2 rings (SSSR count). The highest BCUT2D eigenvalue weighted by atomic mass is 16.5. The van der Waals surface area contributed by atoms with Gasteiger partial charge in [-0.1, -0.05) is 13.8 Å². The molecule has 1 aromatic carbocycles. The van der Waals surface area contributed by atoms with Crippen LogP contribution < -0.4 is 15.0 Å². The van der Waals surface area contributed by atoms with Gasteiger partial charge in [-0.15, -0.1) is 10.2 Å². The third kappa shape index (κ3) is 5.45. The maximum absolute atomic E-state index is 12.3. The van der Waals surface area contributed by atoms with Crippen LogP contribution in [0.2, 0.25) is 0 Å². The number of amides is 1. The molecule has 1 aromatic heterocycles. The molecule has 1 amide bonds. The van der Waals surface area contributed by atoms with Crippen molar-refractivity contribution in [2.75, 3.05) is 29.9 Å². The van der Waals surface area contributed by atoms with E-state index in [0.29, 0.717) is 18.0 Å². The van der Waals surface area contributed by atoms with Crippen LogP contribution in [0.15, 0.2) is 36.4 Å². The zero-order valence-electron chi connectivity index (χ0n) is 15.2. The number of hydrogen-bond donors (Lipinski definition) is 1. The lowest BCUT2D eigenvalue weighted by Crippen LogP contribution is -2.26. The Labute approximate surface area is 149 Å². The summed E-state index contributed by atoms with van der Waals surface area (Å²) in [5, 5.41) is 11.1. The van der Waals surface area contributed by atoms with Crippen LogP contribution in [-0.4, -0.2) is 35.8 Å². The van der Waals surface area contributed by atoms with Gasteiger partial charge >= 0.3 is 0 Å². The molecule has 1 heterocycles. The summed E-state index contributed by atoms with van der Waals surface area (Å²) in [5.41, 5.74) is 0.989. The van der Waals surface area contributed by atoms with E-state index in [1.54, 1.807) is 18.2 Å². The molecule has 0 aliphatic carbocycles. The van der Waals surface area contributed by atoms with Gasteiger partial charge in [-0.2, -0.15) is 0 Å². The number of carbonyl (C=O) groups is 1. The van der Waals surface area contributed by atoms with Crippen LogP contribution in [-0.2, 0) is 0 Å². The van der Waals surface area contributed by atoms with Crippen molar-refractivity contribution in [3.05, 3.63) is 42.1 Å². The molecule has 1 N–H and O–H groups in total. The average Bonchev–Trinajstić information content (AvgIpc) is 2.63. The maximum atomic E-state index is 12.3. The molecule has 0 saturated carbocycles. The molecule has 134 valence electrons. The fourth-order valence-electron chi connectivity index (χ4n) is 2.49. The topological polar surface area (TPSA) is 67.4 Å². The second-order valence-electron chi connectivity index (χ2n) is 5.68. The largest absolute Gasteiger partial charge is 0.494 e. The summed E-state index contributed by atoms with van der Waals surface area (Å²) in [6.07, 6.45) is 2.09. The Morgan fingerprint density at radius 1 is 1.00 bits per heavy atom. The van der Waals surface area contributed by atoms with E-state index in [-0.39, 0.29) is 5.91 Å². The van der Waals surface area contributed by atoms with Gasteiger partial charge < -0.3 is 15.0 Å². The van der Waals surface area contributed by atoms with E-state index in [2.05, 4.69) is 34.3 Å². The molecule has 0 bridgehead atoms. The minimum Gasteiger partial charge on any atom is -0.494 e. The predicted molar refractivity (Wildman–Crippen MR) is 100 cm³/mol. The number of nitrogens with zero attached hydrogens (tertiary/aromatic N) is 3. The fourth-order valence-corrected chi connectivity index (χ4v) is 2.49. The summed E-state index contributed by atoms with van der Waals surface area (Å²) in [5.74, 6) is 1.30. The minimum atomic E-state index is -0.277. The van der Waals surface area contributed by atoms with Crippen molar-refractivity contribution >= 4 is 17.4 Å².